The first-order valence-corrected chi connectivity index (χ1v) is 5.84. The zero-order valence-electron chi connectivity index (χ0n) is 9.89. The molecule has 0 fully saturated rings. The van der Waals surface area contributed by atoms with Crippen molar-refractivity contribution in [2.24, 2.45) is 0 Å². The van der Waals surface area contributed by atoms with Crippen molar-refractivity contribution in [3.8, 4) is 0 Å². The number of allylic oxidation sites excluding steroid dienone is 1. The van der Waals surface area contributed by atoms with Crippen molar-refractivity contribution >= 4 is 0 Å². The second kappa shape index (κ2) is 4.79. The summed E-state index contributed by atoms with van der Waals surface area (Å²) < 4.78 is 13.4. The van der Waals surface area contributed by atoms with Crippen molar-refractivity contribution < 1.29 is 4.39 Å². The van der Waals surface area contributed by atoms with Gasteiger partial charge in [-0.1, -0.05) is 17.7 Å². The molecule has 0 amide bonds. The number of nitrogens with one attached hydrogen (secondary N) is 1. The first-order valence-electron chi connectivity index (χ1n) is 5.84. The largest absolute Gasteiger partial charge is 0.310 e. The van der Waals surface area contributed by atoms with Crippen molar-refractivity contribution in [2.75, 3.05) is 7.05 Å². The van der Waals surface area contributed by atoms with Gasteiger partial charge < -0.3 is 5.32 Å². The third-order valence-electron chi connectivity index (χ3n) is 3.13. The Labute approximate surface area is 96.4 Å². The van der Waals surface area contributed by atoms with Gasteiger partial charge in [-0.3, -0.25) is 0 Å². The van der Waals surface area contributed by atoms with Crippen LogP contribution in [-0.2, 0) is 0 Å². The van der Waals surface area contributed by atoms with E-state index in [0.29, 0.717) is 0 Å². The summed E-state index contributed by atoms with van der Waals surface area (Å²) in [5.41, 5.74) is 3.41. The van der Waals surface area contributed by atoms with E-state index in [1.54, 1.807) is 12.1 Å². The molecule has 1 aromatic rings. The van der Waals surface area contributed by atoms with Crippen LogP contribution >= 0.6 is 0 Å². The van der Waals surface area contributed by atoms with Gasteiger partial charge in [-0.15, -0.1) is 0 Å². The minimum absolute atomic E-state index is 0.145. The zero-order chi connectivity index (χ0) is 11.5. The molecule has 0 bridgehead atoms. The Kier molecular flexibility index (Phi) is 3.39. The van der Waals surface area contributed by atoms with Crippen LogP contribution in [0.1, 0.15) is 36.4 Å². The summed E-state index contributed by atoms with van der Waals surface area (Å²) >= 11 is 0. The van der Waals surface area contributed by atoms with Gasteiger partial charge in [0.1, 0.15) is 5.82 Å². The molecule has 1 N–H and O–H groups in total. The minimum atomic E-state index is -0.145. The highest BCUT2D eigenvalue weighted by atomic mass is 19.1. The number of hydrogen-bond acceptors (Lipinski definition) is 1. The highest BCUT2D eigenvalue weighted by molar-refractivity contribution is 5.33. The smallest absolute Gasteiger partial charge is 0.123 e. The van der Waals surface area contributed by atoms with Gasteiger partial charge in [-0.05, 0) is 56.5 Å². The van der Waals surface area contributed by atoms with Crippen LogP contribution in [0.25, 0.3) is 0 Å². The minimum Gasteiger partial charge on any atom is -0.310 e. The van der Waals surface area contributed by atoms with Crippen LogP contribution in [0.15, 0.2) is 29.8 Å². The normalized spacial score (nSPS) is 17.3. The standard InChI is InChI=1S/C14H18FN/c1-10-7-12(9-13(15)8-10)14(16-2)11-5-3-4-6-11/h5,7-9,14,16H,3-4,6H2,1-2H3. The summed E-state index contributed by atoms with van der Waals surface area (Å²) in [6.07, 6.45) is 5.78. The SMILES string of the molecule is CNC(C1=CCCC1)c1cc(C)cc(F)c1. The summed E-state index contributed by atoms with van der Waals surface area (Å²) in [5, 5.41) is 3.28. The average molecular weight is 219 g/mol. The number of likely N-dealkylation sites (N-methyl/N-ethyl adjacent to an activating group) is 1. The Morgan fingerprint density at radius 3 is 2.69 bits per heavy atom. The molecule has 0 saturated heterocycles. The fourth-order valence-electron chi connectivity index (χ4n) is 2.46. The fraction of sp³-hybridized carbons (Fsp3) is 0.429. The van der Waals surface area contributed by atoms with Gasteiger partial charge in [0.2, 0.25) is 0 Å². The highest BCUT2D eigenvalue weighted by Crippen LogP contribution is 2.31. The van der Waals surface area contributed by atoms with Crippen LogP contribution in [-0.4, -0.2) is 7.05 Å². The van der Waals surface area contributed by atoms with Crippen molar-refractivity contribution in [1.29, 1.82) is 0 Å². The van der Waals surface area contributed by atoms with E-state index in [1.165, 1.54) is 12.0 Å². The molecule has 0 heterocycles. The third kappa shape index (κ3) is 2.33. The first-order chi connectivity index (χ1) is 7.70. The van der Waals surface area contributed by atoms with Crippen LogP contribution in [0.2, 0.25) is 0 Å². The summed E-state index contributed by atoms with van der Waals surface area (Å²) in [4.78, 5) is 0. The molecule has 1 aromatic carbocycles. The molecule has 0 aliphatic heterocycles. The molecule has 86 valence electrons. The molecule has 2 rings (SSSR count). The van der Waals surface area contributed by atoms with Crippen LogP contribution in [0.5, 0.6) is 0 Å². The lowest BCUT2D eigenvalue weighted by atomic mass is 9.97. The maximum atomic E-state index is 13.4. The number of aryl methyl sites for hydroxylation is 1. The van der Waals surface area contributed by atoms with Crippen LogP contribution in [0, 0.1) is 12.7 Å². The molecular formula is C14H18FN. The zero-order valence-corrected chi connectivity index (χ0v) is 9.89. The van der Waals surface area contributed by atoms with Crippen LogP contribution in [0.4, 0.5) is 4.39 Å². The second-order valence-electron chi connectivity index (χ2n) is 4.45. The molecule has 1 nitrogen and oxygen atoms in total. The monoisotopic (exact) mass is 219 g/mol. The molecular weight excluding hydrogens is 201 g/mol. The summed E-state index contributed by atoms with van der Waals surface area (Å²) in [6, 6.07) is 5.44. The summed E-state index contributed by atoms with van der Waals surface area (Å²) in [7, 11) is 1.93. The van der Waals surface area contributed by atoms with Crippen molar-refractivity contribution in [3.63, 3.8) is 0 Å². The van der Waals surface area contributed by atoms with E-state index in [4.69, 9.17) is 0 Å². The van der Waals surface area contributed by atoms with Gasteiger partial charge in [0.25, 0.3) is 0 Å². The van der Waals surface area contributed by atoms with Gasteiger partial charge in [-0.2, -0.15) is 0 Å². The molecule has 2 heteroatoms. The second-order valence-corrected chi connectivity index (χ2v) is 4.45. The van der Waals surface area contributed by atoms with Gasteiger partial charge in [0.05, 0.1) is 6.04 Å². The lowest BCUT2D eigenvalue weighted by molar-refractivity contribution is 0.609. The molecule has 0 aromatic heterocycles. The number of benzene rings is 1. The topological polar surface area (TPSA) is 12.0 Å². The van der Waals surface area contributed by atoms with Crippen molar-refractivity contribution in [2.45, 2.75) is 32.2 Å². The molecule has 0 saturated carbocycles. The maximum Gasteiger partial charge on any atom is 0.123 e. The quantitative estimate of drug-likeness (QED) is 0.767. The highest BCUT2D eigenvalue weighted by Gasteiger charge is 2.17. The number of rotatable bonds is 3. The average Bonchev–Trinajstić information content (AvgIpc) is 2.70. The number of halogens is 1. The Morgan fingerprint density at radius 1 is 1.31 bits per heavy atom. The predicted octanol–water partition coefficient (Wildman–Crippen LogP) is 3.50. The van der Waals surface area contributed by atoms with Crippen molar-refractivity contribution in [3.05, 3.63) is 46.8 Å². The maximum absolute atomic E-state index is 13.4. The van der Waals surface area contributed by atoms with E-state index in [1.807, 2.05) is 14.0 Å². The van der Waals surface area contributed by atoms with E-state index >= 15 is 0 Å². The Bertz CT molecular complexity index is 389. The van der Waals surface area contributed by atoms with Gasteiger partial charge in [-0.25, -0.2) is 4.39 Å². The first kappa shape index (κ1) is 11.3. The molecule has 1 aliphatic rings. The lowest BCUT2D eigenvalue weighted by Crippen LogP contribution is -2.18. The third-order valence-corrected chi connectivity index (χ3v) is 3.13. The van der Waals surface area contributed by atoms with Gasteiger partial charge >= 0.3 is 0 Å². The van der Waals surface area contributed by atoms with E-state index in [-0.39, 0.29) is 11.9 Å². The summed E-state index contributed by atoms with van der Waals surface area (Å²) in [5.74, 6) is -0.145. The molecule has 16 heavy (non-hydrogen) atoms. The van der Waals surface area contributed by atoms with E-state index in [9.17, 15) is 4.39 Å². The van der Waals surface area contributed by atoms with Crippen molar-refractivity contribution in [1.82, 2.24) is 5.32 Å². The molecule has 1 atom stereocenters. The lowest BCUT2D eigenvalue weighted by Gasteiger charge is -2.19. The molecule has 0 spiro atoms. The Hall–Kier alpha value is -1.15. The molecule has 0 radical (unpaired) electrons. The van der Waals surface area contributed by atoms with Crippen LogP contribution in [0.3, 0.4) is 0 Å². The number of hydrogen-bond donors (Lipinski definition) is 1. The fourth-order valence-corrected chi connectivity index (χ4v) is 2.46. The molecule has 1 aliphatic carbocycles. The summed E-state index contributed by atoms with van der Waals surface area (Å²) in [6.45, 7) is 1.93. The van der Waals surface area contributed by atoms with Gasteiger partial charge in [0.15, 0.2) is 0 Å². The van der Waals surface area contributed by atoms with Gasteiger partial charge in [0, 0.05) is 0 Å². The Morgan fingerprint density at radius 2 is 2.12 bits per heavy atom. The molecule has 1 unspecified atom stereocenters. The van der Waals surface area contributed by atoms with E-state index in [0.717, 1.165) is 24.0 Å². The predicted molar refractivity (Wildman–Crippen MR) is 64.9 cm³/mol. The van der Waals surface area contributed by atoms with E-state index in [2.05, 4.69) is 17.5 Å². The Balaban J connectivity index is 2.32. The van der Waals surface area contributed by atoms with E-state index < -0.39 is 0 Å². The van der Waals surface area contributed by atoms with Crippen LogP contribution < -0.4 is 5.32 Å².